The molecular formula is C15H14N2O3. The van der Waals surface area contributed by atoms with Gasteiger partial charge in [0.2, 0.25) is 0 Å². The number of aromatic hydroxyl groups is 2. The molecule has 2 aromatic rings. The maximum Gasteiger partial charge on any atom is 0.275 e. The number of nitrogens with zero attached hydrogens (tertiary/aromatic N) is 1. The van der Waals surface area contributed by atoms with E-state index in [0.717, 1.165) is 5.56 Å². The van der Waals surface area contributed by atoms with E-state index in [-0.39, 0.29) is 17.1 Å². The number of amides is 1. The van der Waals surface area contributed by atoms with Gasteiger partial charge in [0.15, 0.2) is 0 Å². The van der Waals surface area contributed by atoms with E-state index in [1.807, 2.05) is 0 Å². The van der Waals surface area contributed by atoms with Crippen molar-refractivity contribution in [3.05, 3.63) is 59.7 Å². The smallest absolute Gasteiger partial charge is 0.275 e. The summed E-state index contributed by atoms with van der Waals surface area (Å²) >= 11 is 0. The third kappa shape index (κ3) is 3.14. The maximum absolute atomic E-state index is 11.8. The lowest BCUT2D eigenvalue weighted by atomic mass is 10.1. The number of nitrogens with one attached hydrogen (secondary N) is 1. The minimum atomic E-state index is -0.485. The first-order chi connectivity index (χ1) is 9.58. The van der Waals surface area contributed by atoms with Crippen molar-refractivity contribution in [3.63, 3.8) is 0 Å². The molecule has 5 nitrogen and oxygen atoms in total. The number of carbonyl (C=O) groups excluding carboxylic acids is 1. The first kappa shape index (κ1) is 13.6. The minimum absolute atomic E-state index is 0.0949. The lowest BCUT2D eigenvalue weighted by Crippen LogP contribution is -2.19. The van der Waals surface area contributed by atoms with Crippen molar-refractivity contribution in [3.8, 4) is 11.5 Å². The Morgan fingerprint density at radius 1 is 1.05 bits per heavy atom. The van der Waals surface area contributed by atoms with E-state index in [4.69, 9.17) is 0 Å². The van der Waals surface area contributed by atoms with Crippen molar-refractivity contribution in [1.29, 1.82) is 0 Å². The summed E-state index contributed by atoms with van der Waals surface area (Å²) in [4.78, 5) is 11.8. The maximum atomic E-state index is 11.8. The number of rotatable bonds is 3. The topological polar surface area (TPSA) is 81.9 Å². The average Bonchev–Trinajstić information content (AvgIpc) is 2.45. The Balaban J connectivity index is 2.11. The van der Waals surface area contributed by atoms with Crippen LogP contribution in [0.4, 0.5) is 0 Å². The van der Waals surface area contributed by atoms with E-state index in [9.17, 15) is 15.0 Å². The molecule has 0 saturated heterocycles. The number of hydrogen-bond donors (Lipinski definition) is 3. The molecule has 3 N–H and O–H groups in total. The highest BCUT2D eigenvalue weighted by molar-refractivity contribution is 6.01. The summed E-state index contributed by atoms with van der Waals surface area (Å²) in [5.41, 5.74) is 3.91. The molecule has 0 saturated carbocycles. The second-order valence-corrected chi connectivity index (χ2v) is 4.20. The van der Waals surface area contributed by atoms with Gasteiger partial charge in [0.1, 0.15) is 11.5 Å². The van der Waals surface area contributed by atoms with Gasteiger partial charge in [-0.2, -0.15) is 5.10 Å². The van der Waals surface area contributed by atoms with Gasteiger partial charge < -0.3 is 10.2 Å². The molecule has 1 amide bonds. The highest BCUT2D eigenvalue weighted by Crippen LogP contribution is 2.15. The summed E-state index contributed by atoms with van der Waals surface area (Å²) in [6.45, 7) is 1.73. The van der Waals surface area contributed by atoms with Crippen molar-refractivity contribution < 1.29 is 15.0 Å². The van der Waals surface area contributed by atoms with Crippen LogP contribution in [0.25, 0.3) is 0 Å². The molecule has 102 valence electrons. The molecule has 0 spiro atoms. The van der Waals surface area contributed by atoms with E-state index in [1.54, 1.807) is 43.3 Å². The van der Waals surface area contributed by atoms with Crippen LogP contribution in [0.3, 0.4) is 0 Å². The van der Waals surface area contributed by atoms with Gasteiger partial charge >= 0.3 is 0 Å². The Hall–Kier alpha value is -2.82. The van der Waals surface area contributed by atoms with Gasteiger partial charge in [-0.25, -0.2) is 5.43 Å². The molecule has 0 unspecified atom stereocenters. The van der Waals surface area contributed by atoms with Crippen LogP contribution in [-0.4, -0.2) is 21.8 Å². The fraction of sp³-hybridized carbons (Fsp3) is 0.0667. The van der Waals surface area contributed by atoms with Gasteiger partial charge in [0.05, 0.1) is 11.3 Å². The highest BCUT2D eigenvalue weighted by atomic mass is 16.3. The summed E-state index contributed by atoms with van der Waals surface area (Å²) in [7, 11) is 0. The number of hydrogen-bond acceptors (Lipinski definition) is 4. The van der Waals surface area contributed by atoms with Gasteiger partial charge in [-0.15, -0.1) is 0 Å². The van der Waals surface area contributed by atoms with Crippen LogP contribution in [-0.2, 0) is 0 Å². The molecular weight excluding hydrogens is 256 g/mol. The van der Waals surface area contributed by atoms with Crippen molar-refractivity contribution in [2.24, 2.45) is 5.10 Å². The molecule has 0 aliphatic rings. The fourth-order valence-corrected chi connectivity index (χ4v) is 1.63. The van der Waals surface area contributed by atoms with Gasteiger partial charge in [0, 0.05) is 0 Å². The highest BCUT2D eigenvalue weighted by Gasteiger charge is 2.09. The number of phenolic OH excluding ortho intramolecular Hbond substituents is 2. The number of carbonyl (C=O) groups is 1. The van der Waals surface area contributed by atoms with Crippen LogP contribution < -0.4 is 5.43 Å². The van der Waals surface area contributed by atoms with Crippen LogP contribution in [0, 0.1) is 0 Å². The number of benzene rings is 2. The van der Waals surface area contributed by atoms with Gasteiger partial charge in [-0.3, -0.25) is 4.79 Å². The van der Waals surface area contributed by atoms with Crippen LogP contribution >= 0.6 is 0 Å². The molecule has 0 atom stereocenters. The van der Waals surface area contributed by atoms with Gasteiger partial charge in [-0.1, -0.05) is 12.1 Å². The van der Waals surface area contributed by atoms with Crippen LogP contribution in [0.15, 0.2) is 53.6 Å². The first-order valence-corrected chi connectivity index (χ1v) is 6.00. The molecule has 0 aromatic heterocycles. The lowest BCUT2D eigenvalue weighted by molar-refractivity contribution is 0.0952. The minimum Gasteiger partial charge on any atom is -0.508 e. The summed E-state index contributed by atoms with van der Waals surface area (Å²) in [6.07, 6.45) is 0. The molecule has 0 aliphatic heterocycles. The Kier molecular flexibility index (Phi) is 4.00. The Morgan fingerprint density at radius 2 is 1.70 bits per heavy atom. The zero-order valence-corrected chi connectivity index (χ0v) is 10.9. The quantitative estimate of drug-likeness (QED) is 0.591. The SMILES string of the molecule is CC(=NNC(=O)c1ccccc1O)c1ccc(O)cc1. The monoisotopic (exact) mass is 270 g/mol. The molecule has 2 aromatic carbocycles. The Morgan fingerprint density at radius 3 is 2.35 bits per heavy atom. The van der Waals surface area contributed by atoms with Crippen LogP contribution in [0.5, 0.6) is 11.5 Å². The average molecular weight is 270 g/mol. The molecule has 0 aliphatic carbocycles. The second-order valence-electron chi connectivity index (χ2n) is 4.20. The van der Waals surface area contributed by atoms with Crippen molar-refractivity contribution >= 4 is 11.6 Å². The van der Waals surface area contributed by atoms with Crippen molar-refractivity contribution in [1.82, 2.24) is 5.43 Å². The van der Waals surface area contributed by atoms with E-state index in [1.165, 1.54) is 12.1 Å². The number of phenols is 2. The zero-order chi connectivity index (χ0) is 14.5. The van der Waals surface area contributed by atoms with Gasteiger partial charge in [-0.05, 0) is 48.9 Å². The predicted molar refractivity (Wildman–Crippen MR) is 75.9 cm³/mol. The standard InChI is InChI=1S/C15H14N2O3/c1-10(11-6-8-12(18)9-7-11)16-17-15(20)13-4-2-3-5-14(13)19/h2-9,18-19H,1H3,(H,17,20). The molecule has 0 fully saturated rings. The summed E-state index contributed by atoms with van der Waals surface area (Å²) in [5.74, 6) is -0.413. The fourth-order valence-electron chi connectivity index (χ4n) is 1.63. The second kappa shape index (κ2) is 5.88. The Labute approximate surface area is 116 Å². The molecule has 0 bridgehead atoms. The molecule has 0 radical (unpaired) electrons. The lowest BCUT2D eigenvalue weighted by Gasteiger charge is -2.04. The summed E-state index contributed by atoms with van der Waals surface area (Å²) < 4.78 is 0. The first-order valence-electron chi connectivity index (χ1n) is 6.00. The van der Waals surface area contributed by atoms with E-state index in [2.05, 4.69) is 10.5 Å². The van der Waals surface area contributed by atoms with Crippen molar-refractivity contribution in [2.75, 3.05) is 0 Å². The molecule has 5 heteroatoms. The summed E-state index contributed by atoms with van der Waals surface area (Å²) in [5, 5.41) is 22.7. The normalized spacial score (nSPS) is 11.2. The number of hydrazone groups is 1. The zero-order valence-electron chi connectivity index (χ0n) is 10.9. The van der Waals surface area contributed by atoms with Gasteiger partial charge in [0.25, 0.3) is 5.91 Å². The van der Waals surface area contributed by atoms with E-state index >= 15 is 0 Å². The third-order valence-corrected chi connectivity index (χ3v) is 2.76. The largest absolute Gasteiger partial charge is 0.508 e. The molecule has 2 rings (SSSR count). The van der Waals surface area contributed by atoms with E-state index in [0.29, 0.717) is 5.71 Å². The third-order valence-electron chi connectivity index (χ3n) is 2.76. The Bertz CT molecular complexity index is 648. The van der Waals surface area contributed by atoms with Crippen LogP contribution in [0.1, 0.15) is 22.8 Å². The van der Waals surface area contributed by atoms with Crippen LogP contribution in [0.2, 0.25) is 0 Å². The summed E-state index contributed by atoms with van der Waals surface area (Å²) in [6, 6.07) is 12.7. The van der Waals surface area contributed by atoms with E-state index < -0.39 is 5.91 Å². The molecule has 0 heterocycles. The number of para-hydroxylation sites is 1. The molecule has 20 heavy (non-hydrogen) atoms. The predicted octanol–water partition coefficient (Wildman–Crippen LogP) is 2.25. The van der Waals surface area contributed by atoms with Crippen molar-refractivity contribution in [2.45, 2.75) is 6.92 Å².